The second-order valence-electron chi connectivity index (χ2n) is 5.57. The van der Waals surface area contributed by atoms with Gasteiger partial charge in [0.15, 0.2) is 11.6 Å². The van der Waals surface area contributed by atoms with Gasteiger partial charge in [-0.25, -0.2) is 4.39 Å². The standard InChI is InChI=1S/C15H17FN4O3/c1-23-12-7-10(3-4-11(12)16)14(21)20-6-2-5-15(22,9-20)13-8-17-19-18-13/h3-4,7-8,22H,2,5-6,9H2,1H3,(H,17,18,19)/t15-/m0/s1. The Morgan fingerprint density at radius 3 is 3.04 bits per heavy atom. The lowest BCUT2D eigenvalue weighted by molar-refractivity contribution is -0.0320. The molecular weight excluding hydrogens is 303 g/mol. The van der Waals surface area contributed by atoms with Crippen LogP contribution < -0.4 is 4.74 Å². The van der Waals surface area contributed by atoms with E-state index in [1.807, 2.05) is 0 Å². The van der Waals surface area contributed by atoms with Crippen molar-refractivity contribution in [3.05, 3.63) is 41.5 Å². The number of nitrogens with one attached hydrogen (secondary N) is 1. The van der Waals surface area contributed by atoms with E-state index in [-0.39, 0.29) is 18.2 Å². The highest BCUT2D eigenvalue weighted by molar-refractivity contribution is 5.94. The molecule has 1 aromatic carbocycles. The van der Waals surface area contributed by atoms with E-state index in [0.717, 1.165) is 0 Å². The Morgan fingerprint density at radius 1 is 1.52 bits per heavy atom. The summed E-state index contributed by atoms with van der Waals surface area (Å²) in [5, 5.41) is 20.8. The molecule has 0 spiro atoms. The fourth-order valence-electron chi connectivity index (χ4n) is 2.82. The zero-order valence-corrected chi connectivity index (χ0v) is 12.6. The maximum absolute atomic E-state index is 13.5. The number of carbonyl (C=O) groups is 1. The van der Waals surface area contributed by atoms with Crippen molar-refractivity contribution in [3.63, 3.8) is 0 Å². The van der Waals surface area contributed by atoms with E-state index in [9.17, 15) is 14.3 Å². The summed E-state index contributed by atoms with van der Waals surface area (Å²) >= 11 is 0. The summed E-state index contributed by atoms with van der Waals surface area (Å²) < 4.78 is 18.4. The smallest absolute Gasteiger partial charge is 0.254 e. The molecular formula is C15H17FN4O3. The van der Waals surface area contributed by atoms with Gasteiger partial charge in [0.1, 0.15) is 11.3 Å². The van der Waals surface area contributed by atoms with Gasteiger partial charge in [-0.1, -0.05) is 0 Å². The number of piperidine rings is 1. The lowest BCUT2D eigenvalue weighted by Crippen LogP contribution is -2.48. The fraction of sp³-hybridized carbons (Fsp3) is 0.400. The molecule has 1 amide bonds. The minimum atomic E-state index is -1.23. The van der Waals surface area contributed by atoms with Gasteiger partial charge >= 0.3 is 0 Å². The van der Waals surface area contributed by atoms with Crippen LogP contribution in [0.3, 0.4) is 0 Å². The second kappa shape index (κ2) is 5.96. The average Bonchev–Trinajstić information content (AvgIpc) is 3.10. The Kier molecular flexibility index (Phi) is 3.99. The van der Waals surface area contributed by atoms with Crippen molar-refractivity contribution in [1.29, 1.82) is 0 Å². The number of hydrogen-bond acceptors (Lipinski definition) is 5. The summed E-state index contributed by atoms with van der Waals surface area (Å²) in [6.45, 7) is 0.622. The van der Waals surface area contributed by atoms with E-state index < -0.39 is 11.4 Å². The number of carbonyl (C=O) groups excluding carboxylic acids is 1. The summed E-state index contributed by atoms with van der Waals surface area (Å²) in [5.41, 5.74) is -0.510. The molecule has 0 radical (unpaired) electrons. The molecule has 0 bridgehead atoms. The molecule has 1 aromatic heterocycles. The number of hydrogen-bond donors (Lipinski definition) is 2. The quantitative estimate of drug-likeness (QED) is 0.883. The van der Waals surface area contributed by atoms with Gasteiger partial charge in [-0.15, -0.1) is 0 Å². The van der Waals surface area contributed by atoms with E-state index in [4.69, 9.17) is 4.74 Å². The van der Waals surface area contributed by atoms with Crippen LogP contribution in [0, 0.1) is 5.82 Å². The van der Waals surface area contributed by atoms with Crippen molar-refractivity contribution in [2.24, 2.45) is 0 Å². The lowest BCUT2D eigenvalue weighted by atomic mass is 9.89. The highest BCUT2D eigenvalue weighted by Gasteiger charge is 2.39. The Bertz CT molecular complexity index is 707. The maximum Gasteiger partial charge on any atom is 0.254 e. The predicted octanol–water partition coefficient (Wildman–Crippen LogP) is 1.08. The van der Waals surface area contributed by atoms with Gasteiger partial charge in [-0.05, 0) is 31.0 Å². The van der Waals surface area contributed by atoms with Gasteiger partial charge in [0.05, 0.1) is 19.9 Å². The summed E-state index contributed by atoms with van der Waals surface area (Å²) in [5.74, 6) is -0.800. The number of halogens is 1. The number of aliphatic hydroxyl groups is 1. The fourth-order valence-corrected chi connectivity index (χ4v) is 2.82. The van der Waals surface area contributed by atoms with Gasteiger partial charge in [-0.3, -0.25) is 4.79 Å². The molecule has 1 fully saturated rings. The molecule has 1 saturated heterocycles. The van der Waals surface area contributed by atoms with E-state index in [2.05, 4.69) is 15.4 Å². The van der Waals surface area contributed by atoms with Crippen molar-refractivity contribution in [2.45, 2.75) is 18.4 Å². The number of ether oxygens (including phenoxy) is 1. The SMILES string of the molecule is COc1cc(C(=O)N2CCC[C@@](O)(c3cn[nH]n3)C2)ccc1F. The number of β-amino-alcohol motifs (C(OH)–C–C–N with tert-alkyl or cyclic N) is 1. The van der Waals surface area contributed by atoms with Crippen molar-refractivity contribution >= 4 is 5.91 Å². The van der Waals surface area contributed by atoms with Crippen LogP contribution in [-0.4, -0.2) is 51.5 Å². The number of aromatic nitrogens is 3. The molecule has 122 valence electrons. The Balaban J connectivity index is 1.82. The van der Waals surface area contributed by atoms with Crippen molar-refractivity contribution in [2.75, 3.05) is 20.2 Å². The second-order valence-corrected chi connectivity index (χ2v) is 5.57. The van der Waals surface area contributed by atoms with E-state index in [1.54, 1.807) is 0 Å². The van der Waals surface area contributed by atoms with Crippen LogP contribution in [0.2, 0.25) is 0 Å². The van der Waals surface area contributed by atoms with Crippen LogP contribution in [-0.2, 0) is 5.60 Å². The molecule has 2 aromatic rings. The van der Waals surface area contributed by atoms with Crippen molar-refractivity contribution < 1.29 is 19.0 Å². The maximum atomic E-state index is 13.5. The molecule has 1 aliphatic heterocycles. The molecule has 23 heavy (non-hydrogen) atoms. The van der Waals surface area contributed by atoms with Gasteiger partial charge in [-0.2, -0.15) is 15.4 Å². The first-order valence-corrected chi connectivity index (χ1v) is 7.25. The van der Waals surface area contributed by atoms with Crippen LogP contribution in [0.4, 0.5) is 4.39 Å². The Labute approximate surface area is 132 Å². The molecule has 0 aliphatic carbocycles. The summed E-state index contributed by atoms with van der Waals surface area (Å²) in [6.07, 6.45) is 2.58. The van der Waals surface area contributed by atoms with E-state index >= 15 is 0 Å². The predicted molar refractivity (Wildman–Crippen MR) is 78.4 cm³/mol. The number of nitrogens with zero attached hydrogens (tertiary/aromatic N) is 3. The molecule has 2 N–H and O–H groups in total. The third kappa shape index (κ3) is 2.89. The Morgan fingerprint density at radius 2 is 2.35 bits per heavy atom. The monoisotopic (exact) mass is 320 g/mol. The van der Waals surface area contributed by atoms with Crippen LogP contribution >= 0.6 is 0 Å². The Hall–Kier alpha value is -2.48. The first-order valence-electron chi connectivity index (χ1n) is 7.25. The summed E-state index contributed by atoms with van der Waals surface area (Å²) in [6, 6.07) is 3.96. The summed E-state index contributed by atoms with van der Waals surface area (Å²) in [4.78, 5) is 14.2. The molecule has 0 unspecified atom stereocenters. The molecule has 1 atom stereocenters. The first-order chi connectivity index (χ1) is 11.0. The zero-order chi connectivity index (χ0) is 16.4. The number of rotatable bonds is 3. The van der Waals surface area contributed by atoms with E-state index in [1.165, 1.54) is 36.4 Å². The average molecular weight is 320 g/mol. The molecule has 2 heterocycles. The number of amides is 1. The highest BCUT2D eigenvalue weighted by Crippen LogP contribution is 2.31. The number of benzene rings is 1. The number of methoxy groups -OCH3 is 1. The molecule has 8 heteroatoms. The van der Waals surface area contributed by atoms with Crippen molar-refractivity contribution in [3.8, 4) is 5.75 Å². The van der Waals surface area contributed by atoms with Gasteiger partial charge in [0, 0.05) is 12.1 Å². The number of aromatic amines is 1. The zero-order valence-electron chi connectivity index (χ0n) is 12.6. The van der Waals surface area contributed by atoms with Crippen LogP contribution in [0.5, 0.6) is 5.75 Å². The van der Waals surface area contributed by atoms with Gasteiger partial charge < -0.3 is 14.7 Å². The molecule has 7 nitrogen and oxygen atoms in total. The van der Waals surface area contributed by atoms with Crippen LogP contribution in [0.1, 0.15) is 28.9 Å². The third-order valence-electron chi connectivity index (χ3n) is 4.05. The lowest BCUT2D eigenvalue weighted by Gasteiger charge is -2.38. The third-order valence-corrected chi connectivity index (χ3v) is 4.05. The molecule has 3 rings (SSSR count). The largest absolute Gasteiger partial charge is 0.494 e. The minimum absolute atomic E-state index is 0.0135. The van der Waals surface area contributed by atoms with Gasteiger partial charge in [0.25, 0.3) is 5.91 Å². The highest BCUT2D eigenvalue weighted by atomic mass is 19.1. The summed E-state index contributed by atoms with van der Waals surface area (Å²) in [7, 11) is 1.34. The minimum Gasteiger partial charge on any atom is -0.494 e. The number of likely N-dealkylation sites (tertiary alicyclic amines) is 1. The molecule has 1 aliphatic rings. The van der Waals surface area contributed by atoms with Crippen LogP contribution in [0.15, 0.2) is 24.4 Å². The van der Waals surface area contributed by atoms with Gasteiger partial charge in [0.2, 0.25) is 0 Å². The topological polar surface area (TPSA) is 91.3 Å². The van der Waals surface area contributed by atoms with Crippen molar-refractivity contribution in [1.82, 2.24) is 20.3 Å². The van der Waals surface area contributed by atoms with E-state index in [0.29, 0.717) is 30.6 Å². The number of H-pyrrole nitrogens is 1. The normalized spacial score (nSPS) is 21.3. The van der Waals surface area contributed by atoms with Crippen LogP contribution in [0.25, 0.3) is 0 Å². The first kappa shape index (κ1) is 15.4. The molecule has 0 saturated carbocycles.